The molecule has 11 nitrogen and oxygen atoms in total. The molecule has 7 N–H and O–H groups in total. The van der Waals surface area contributed by atoms with Crippen LogP contribution in [0.4, 0.5) is 0 Å². The summed E-state index contributed by atoms with van der Waals surface area (Å²) in [5, 5.41) is 19.7. The topological polar surface area (TPSA) is 180 Å². The lowest BCUT2D eigenvalue weighted by atomic mass is 10.0. The molecule has 0 saturated carbocycles. The predicted octanol–water partition coefficient (Wildman–Crippen LogP) is -1.81. The standard InChI is InChI=1S/C19H33N5O6/c1-11(25)16(19(30)21-2)24-17(28)12-8-6-4-3-5-7-9-15(27)22-13(10-14(20)26)18(29)23-12/h11-13,16,25H,3-10H2,1-2H3,(H2,20,26)(H,21,30)(H,22,27)(H,23,29)(H,24,28). The number of aliphatic hydroxyl groups excluding tert-OH is 1. The number of carbonyl (C=O) groups excluding carboxylic acids is 5. The monoisotopic (exact) mass is 427 g/mol. The molecular formula is C19H33N5O6. The van der Waals surface area contributed by atoms with Crippen LogP contribution in [0.25, 0.3) is 0 Å². The van der Waals surface area contributed by atoms with E-state index in [-0.39, 0.29) is 12.3 Å². The first-order chi connectivity index (χ1) is 14.1. The van der Waals surface area contributed by atoms with E-state index in [1.165, 1.54) is 14.0 Å². The second-order valence-corrected chi connectivity index (χ2v) is 7.50. The summed E-state index contributed by atoms with van der Waals surface area (Å²) in [4.78, 5) is 60.8. The van der Waals surface area contributed by atoms with Crippen LogP contribution >= 0.6 is 0 Å². The highest BCUT2D eigenvalue weighted by Gasteiger charge is 2.31. The number of nitrogens with two attached hydrogens (primary N) is 1. The summed E-state index contributed by atoms with van der Waals surface area (Å²) < 4.78 is 0. The van der Waals surface area contributed by atoms with Gasteiger partial charge in [-0.15, -0.1) is 0 Å². The highest BCUT2D eigenvalue weighted by Crippen LogP contribution is 2.11. The van der Waals surface area contributed by atoms with Crippen LogP contribution < -0.4 is 27.0 Å². The first kappa shape index (κ1) is 25.3. The summed E-state index contributed by atoms with van der Waals surface area (Å²) in [6, 6.07) is -3.39. The highest BCUT2D eigenvalue weighted by molar-refractivity contribution is 5.96. The third-order valence-electron chi connectivity index (χ3n) is 4.90. The van der Waals surface area contributed by atoms with Gasteiger partial charge < -0.3 is 32.1 Å². The van der Waals surface area contributed by atoms with Crippen LogP contribution in [0.1, 0.15) is 58.3 Å². The fraction of sp³-hybridized carbons (Fsp3) is 0.737. The van der Waals surface area contributed by atoms with E-state index in [2.05, 4.69) is 21.3 Å². The van der Waals surface area contributed by atoms with E-state index in [9.17, 15) is 29.1 Å². The number of amides is 5. The normalized spacial score (nSPS) is 23.3. The van der Waals surface area contributed by atoms with Crippen molar-refractivity contribution in [2.75, 3.05) is 7.05 Å². The van der Waals surface area contributed by atoms with Gasteiger partial charge in [-0.05, 0) is 19.8 Å². The molecule has 1 saturated heterocycles. The summed E-state index contributed by atoms with van der Waals surface area (Å²) in [6.07, 6.45) is 2.77. The second kappa shape index (κ2) is 12.8. The van der Waals surface area contributed by atoms with E-state index >= 15 is 0 Å². The number of hydrogen-bond acceptors (Lipinski definition) is 6. The molecule has 0 aliphatic carbocycles. The second-order valence-electron chi connectivity index (χ2n) is 7.50. The molecule has 0 spiro atoms. The molecule has 1 aliphatic heterocycles. The Morgan fingerprint density at radius 3 is 2.37 bits per heavy atom. The summed E-state index contributed by atoms with van der Waals surface area (Å²) >= 11 is 0. The van der Waals surface area contributed by atoms with Crippen molar-refractivity contribution in [1.82, 2.24) is 21.3 Å². The van der Waals surface area contributed by atoms with Crippen LogP contribution in [0, 0.1) is 0 Å². The molecule has 170 valence electrons. The number of aliphatic hydroxyl groups is 1. The summed E-state index contributed by atoms with van der Waals surface area (Å²) in [5.41, 5.74) is 5.19. The van der Waals surface area contributed by atoms with Crippen molar-refractivity contribution in [3.05, 3.63) is 0 Å². The minimum atomic E-state index is -1.20. The van der Waals surface area contributed by atoms with Gasteiger partial charge in [0.15, 0.2) is 0 Å². The van der Waals surface area contributed by atoms with Crippen molar-refractivity contribution in [2.24, 2.45) is 5.73 Å². The third-order valence-corrected chi connectivity index (χ3v) is 4.90. The number of nitrogens with one attached hydrogen (secondary N) is 4. The Morgan fingerprint density at radius 2 is 1.77 bits per heavy atom. The quantitative estimate of drug-likeness (QED) is 0.290. The van der Waals surface area contributed by atoms with Gasteiger partial charge in [0.2, 0.25) is 29.5 Å². The molecule has 1 heterocycles. The Morgan fingerprint density at radius 1 is 1.13 bits per heavy atom. The van der Waals surface area contributed by atoms with Crippen molar-refractivity contribution in [2.45, 2.75) is 82.5 Å². The van der Waals surface area contributed by atoms with E-state index in [0.29, 0.717) is 19.3 Å². The molecule has 30 heavy (non-hydrogen) atoms. The molecule has 1 aliphatic rings. The van der Waals surface area contributed by atoms with Gasteiger partial charge in [0.1, 0.15) is 18.1 Å². The average molecular weight is 428 g/mol. The van der Waals surface area contributed by atoms with Crippen LogP contribution in [0.5, 0.6) is 0 Å². The van der Waals surface area contributed by atoms with Crippen LogP contribution in [0.15, 0.2) is 0 Å². The number of likely N-dealkylation sites (N-methyl/N-ethyl adjacent to an activating group) is 1. The van der Waals surface area contributed by atoms with Crippen LogP contribution in [0.2, 0.25) is 0 Å². The largest absolute Gasteiger partial charge is 0.391 e. The molecule has 1 rings (SSSR count). The summed E-state index contributed by atoms with van der Waals surface area (Å²) in [6.45, 7) is 1.36. The van der Waals surface area contributed by atoms with Crippen molar-refractivity contribution in [1.29, 1.82) is 0 Å². The van der Waals surface area contributed by atoms with Gasteiger partial charge in [-0.1, -0.05) is 25.7 Å². The molecule has 0 aromatic heterocycles. The van der Waals surface area contributed by atoms with E-state index in [4.69, 9.17) is 5.73 Å². The zero-order valence-corrected chi connectivity index (χ0v) is 17.5. The lowest BCUT2D eigenvalue weighted by Gasteiger charge is -2.25. The van der Waals surface area contributed by atoms with Gasteiger partial charge in [-0.3, -0.25) is 24.0 Å². The maximum absolute atomic E-state index is 12.8. The van der Waals surface area contributed by atoms with Gasteiger partial charge in [0.05, 0.1) is 12.5 Å². The van der Waals surface area contributed by atoms with E-state index in [1.807, 2.05) is 0 Å². The van der Waals surface area contributed by atoms with Crippen molar-refractivity contribution in [3.8, 4) is 0 Å². The van der Waals surface area contributed by atoms with Crippen molar-refractivity contribution < 1.29 is 29.1 Å². The van der Waals surface area contributed by atoms with Gasteiger partial charge in [0.25, 0.3) is 0 Å². The lowest BCUT2D eigenvalue weighted by Crippen LogP contribution is -2.58. The Labute approximate surface area is 175 Å². The molecule has 0 aromatic rings. The van der Waals surface area contributed by atoms with E-state index in [1.54, 1.807) is 0 Å². The number of carbonyl (C=O) groups is 5. The molecule has 4 atom stereocenters. The average Bonchev–Trinajstić information content (AvgIpc) is 2.68. The Hall–Kier alpha value is -2.69. The lowest BCUT2D eigenvalue weighted by molar-refractivity contribution is -0.135. The first-order valence-corrected chi connectivity index (χ1v) is 10.2. The SMILES string of the molecule is CNC(=O)C(NC(=O)C1CCCCCCCC(=O)NC(CC(N)=O)C(=O)N1)C(C)O. The summed E-state index contributed by atoms with van der Waals surface area (Å²) in [5.74, 6) is -3.07. The predicted molar refractivity (Wildman–Crippen MR) is 108 cm³/mol. The molecule has 0 radical (unpaired) electrons. The van der Waals surface area contributed by atoms with Gasteiger partial charge in [-0.2, -0.15) is 0 Å². The fourth-order valence-corrected chi connectivity index (χ4v) is 3.20. The minimum Gasteiger partial charge on any atom is -0.391 e. The highest BCUT2D eigenvalue weighted by atomic mass is 16.3. The minimum absolute atomic E-state index is 0.231. The van der Waals surface area contributed by atoms with Gasteiger partial charge >= 0.3 is 0 Å². The van der Waals surface area contributed by atoms with E-state index < -0.39 is 54.3 Å². The van der Waals surface area contributed by atoms with Gasteiger partial charge in [0, 0.05) is 13.5 Å². The molecule has 0 aromatic carbocycles. The Kier molecular flexibility index (Phi) is 10.8. The molecule has 1 fully saturated rings. The zero-order chi connectivity index (χ0) is 22.7. The Bertz CT molecular complexity index is 639. The fourth-order valence-electron chi connectivity index (χ4n) is 3.20. The van der Waals surface area contributed by atoms with E-state index in [0.717, 1.165) is 19.3 Å². The summed E-state index contributed by atoms with van der Waals surface area (Å²) in [7, 11) is 1.38. The maximum atomic E-state index is 12.8. The van der Waals surface area contributed by atoms with Gasteiger partial charge in [-0.25, -0.2) is 0 Å². The van der Waals surface area contributed by atoms with Crippen LogP contribution in [-0.4, -0.2) is 65.9 Å². The Balaban J connectivity index is 3.00. The zero-order valence-electron chi connectivity index (χ0n) is 17.5. The number of primary amides is 1. The molecule has 0 bridgehead atoms. The molecule has 5 amide bonds. The number of rotatable bonds is 6. The van der Waals surface area contributed by atoms with Crippen LogP contribution in [0.3, 0.4) is 0 Å². The first-order valence-electron chi connectivity index (χ1n) is 10.2. The molecule has 4 unspecified atom stereocenters. The molecular weight excluding hydrogens is 394 g/mol. The smallest absolute Gasteiger partial charge is 0.245 e. The third kappa shape index (κ3) is 8.76. The molecule has 11 heteroatoms. The van der Waals surface area contributed by atoms with Crippen molar-refractivity contribution >= 4 is 29.5 Å². The number of hydrogen-bond donors (Lipinski definition) is 6. The maximum Gasteiger partial charge on any atom is 0.245 e. The van der Waals surface area contributed by atoms with Crippen LogP contribution in [-0.2, 0) is 24.0 Å². The van der Waals surface area contributed by atoms with Crippen molar-refractivity contribution in [3.63, 3.8) is 0 Å².